The first kappa shape index (κ1) is 16.2. The zero-order valence-corrected chi connectivity index (χ0v) is 15.3. The average molecular weight is 395 g/mol. The summed E-state index contributed by atoms with van der Waals surface area (Å²) in [7, 11) is 2.10. The summed E-state index contributed by atoms with van der Waals surface area (Å²) in [5, 5.41) is 10.7. The van der Waals surface area contributed by atoms with Gasteiger partial charge in [-0.05, 0) is 47.1 Å². The molecule has 0 aliphatic carbocycles. The first-order valence-corrected chi connectivity index (χ1v) is 8.86. The van der Waals surface area contributed by atoms with Crippen LogP contribution < -0.4 is 10.5 Å². The number of hydrogen-bond donors (Lipinski definition) is 2. The van der Waals surface area contributed by atoms with Crippen LogP contribution in [0.5, 0.6) is 5.75 Å². The second kappa shape index (κ2) is 6.47. The molecule has 2 aromatic heterocycles. The van der Waals surface area contributed by atoms with Gasteiger partial charge in [-0.2, -0.15) is 0 Å². The summed E-state index contributed by atoms with van der Waals surface area (Å²) < 4.78 is 6.41. The smallest absolute Gasteiger partial charge is 0.336 e. The van der Waals surface area contributed by atoms with Crippen LogP contribution in [0.25, 0.3) is 11.0 Å². The number of quaternary nitrogens is 1. The molecule has 0 fully saturated rings. The highest BCUT2D eigenvalue weighted by atomic mass is 79.9. The van der Waals surface area contributed by atoms with E-state index in [1.54, 1.807) is 30.4 Å². The Bertz CT molecular complexity index is 916. The molecule has 0 spiro atoms. The molecule has 3 rings (SSSR count). The molecule has 0 saturated heterocycles. The van der Waals surface area contributed by atoms with Crippen molar-refractivity contribution in [2.75, 3.05) is 7.05 Å². The first-order valence-electron chi connectivity index (χ1n) is 7.25. The maximum Gasteiger partial charge on any atom is 0.336 e. The molecule has 2 N–H and O–H groups in total. The number of hydrogen-bond acceptors (Lipinski definition) is 4. The van der Waals surface area contributed by atoms with Gasteiger partial charge in [-0.1, -0.05) is 0 Å². The zero-order chi connectivity index (χ0) is 16.6. The summed E-state index contributed by atoms with van der Waals surface area (Å²) in [6.45, 7) is 3.35. The molecule has 1 atom stereocenters. The van der Waals surface area contributed by atoms with Crippen molar-refractivity contribution in [2.45, 2.75) is 20.0 Å². The fraction of sp³-hybridized carbons (Fsp3) is 0.235. The maximum absolute atomic E-state index is 11.8. The summed E-state index contributed by atoms with van der Waals surface area (Å²) >= 11 is 5.20. The Labute approximate surface area is 146 Å². The third-order valence-electron chi connectivity index (χ3n) is 3.82. The minimum Gasteiger partial charge on any atom is -0.508 e. The Kier molecular flexibility index (Phi) is 4.57. The number of halogens is 1. The van der Waals surface area contributed by atoms with E-state index in [-0.39, 0.29) is 11.4 Å². The van der Waals surface area contributed by atoms with E-state index in [9.17, 15) is 9.90 Å². The molecule has 3 aromatic rings. The van der Waals surface area contributed by atoms with Gasteiger partial charge in [0.15, 0.2) is 0 Å². The molecule has 0 radical (unpaired) electrons. The van der Waals surface area contributed by atoms with Gasteiger partial charge in [-0.15, -0.1) is 11.3 Å². The number of benzene rings is 1. The van der Waals surface area contributed by atoms with Gasteiger partial charge in [-0.3, -0.25) is 0 Å². The van der Waals surface area contributed by atoms with Gasteiger partial charge >= 0.3 is 5.63 Å². The fourth-order valence-electron chi connectivity index (χ4n) is 2.69. The molecular formula is C17H17BrNO3S+. The summed E-state index contributed by atoms with van der Waals surface area (Å²) in [6.07, 6.45) is 0. The number of aryl methyl sites for hydroxylation is 1. The van der Waals surface area contributed by atoms with Crippen LogP contribution in [0.3, 0.4) is 0 Å². The number of phenols is 1. The summed E-state index contributed by atoms with van der Waals surface area (Å²) in [4.78, 5) is 14.4. The van der Waals surface area contributed by atoms with Crippen LogP contribution in [0, 0.1) is 6.92 Å². The Hall–Kier alpha value is -1.63. The van der Waals surface area contributed by atoms with Crippen molar-refractivity contribution in [2.24, 2.45) is 0 Å². The quantitative estimate of drug-likeness (QED) is 0.668. The highest BCUT2D eigenvalue weighted by Gasteiger charge is 2.14. The number of thiophene rings is 1. The predicted octanol–water partition coefficient (Wildman–Crippen LogP) is 2.85. The Morgan fingerprint density at radius 3 is 2.74 bits per heavy atom. The van der Waals surface area contributed by atoms with E-state index in [4.69, 9.17) is 4.42 Å². The number of phenolic OH excluding ortho intramolecular Hbond substituents is 1. The van der Waals surface area contributed by atoms with Gasteiger partial charge in [-0.25, -0.2) is 4.79 Å². The van der Waals surface area contributed by atoms with Crippen molar-refractivity contribution >= 4 is 38.2 Å². The van der Waals surface area contributed by atoms with Crippen molar-refractivity contribution in [3.63, 3.8) is 0 Å². The molecule has 4 nitrogen and oxygen atoms in total. The summed E-state index contributed by atoms with van der Waals surface area (Å²) in [6, 6.07) is 9.16. The molecule has 2 heterocycles. The number of nitrogens with one attached hydrogen (secondary N) is 1. The lowest BCUT2D eigenvalue weighted by atomic mass is 10.1. The van der Waals surface area contributed by atoms with Crippen molar-refractivity contribution in [3.8, 4) is 5.75 Å². The van der Waals surface area contributed by atoms with E-state index in [1.165, 1.54) is 9.78 Å². The SMILES string of the molecule is Cc1c(O)ccc2c(C[NH+](C)Cc3ccc(Br)s3)cc(=O)oc12. The third kappa shape index (κ3) is 3.49. The van der Waals surface area contributed by atoms with Crippen LogP contribution >= 0.6 is 27.3 Å². The summed E-state index contributed by atoms with van der Waals surface area (Å²) in [5.74, 6) is 0.141. The summed E-state index contributed by atoms with van der Waals surface area (Å²) in [5.41, 5.74) is 1.63. The van der Waals surface area contributed by atoms with Crippen LogP contribution in [0.15, 0.2) is 43.3 Å². The molecule has 0 aliphatic heterocycles. The average Bonchev–Trinajstić information content (AvgIpc) is 2.88. The van der Waals surface area contributed by atoms with E-state index in [0.29, 0.717) is 17.7 Å². The van der Waals surface area contributed by atoms with E-state index in [2.05, 4.69) is 29.0 Å². The normalized spacial score (nSPS) is 12.7. The van der Waals surface area contributed by atoms with Gasteiger partial charge in [0.05, 0.1) is 15.7 Å². The second-order valence-electron chi connectivity index (χ2n) is 5.69. The Balaban J connectivity index is 1.93. The molecule has 0 aliphatic rings. The fourth-order valence-corrected chi connectivity index (χ4v) is 4.29. The van der Waals surface area contributed by atoms with Crippen LogP contribution in [-0.2, 0) is 13.1 Å². The van der Waals surface area contributed by atoms with Crippen LogP contribution in [0.1, 0.15) is 16.0 Å². The lowest BCUT2D eigenvalue weighted by Crippen LogP contribution is -3.06. The number of fused-ring (bicyclic) bond motifs is 1. The molecule has 1 unspecified atom stereocenters. The molecule has 6 heteroatoms. The minimum absolute atomic E-state index is 0.141. The first-order chi connectivity index (χ1) is 10.9. The maximum atomic E-state index is 11.8. The highest BCUT2D eigenvalue weighted by molar-refractivity contribution is 9.11. The van der Waals surface area contributed by atoms with Gasteiger partial charge in [0, 0.05) is 22.6 Å². The minimum atomic E-state index is -0.382. The van der Waals surface area contributed by atoms with Crippen molar-refractivity contribution in [3.05, 3.63) is 60.5 Å². The number of rotatable bonds is 4. The Morgan fingerprint density at radius 2 is 2.04 bits per heavy atom. The predicted molar refractivity (Wildman–Crippen MR) is 95.2 cm³/mol. The lowest BCUT2D eigenvalue weighted by Gasteiger charge is -2.14. The Morgan fingerprint density at radius 1 is 1.26 bits per heavy atom. The molecular weight excluding hydrogens is 378 g/mol. The van der Waals surface area contributed by atoms with Crippen molar-refractivity contribution in [1.82, 2.24) is 0 Å². The van der Waals surface area contributed by atoms with Gasteiger partial charge in [0.25, 0.3) is 0 Å². The van der Waals surface area contributed by atoms with Crippen molar-refractivity contribution < 1.29 is 14.4 Å². The standard InChI is InChI=1S/C17H16BrNO3S/c1-10-14(20)5-4-13-11(7-16(21)22-17(10)13)8-19(2)9-12-3-6-15(18)23-12/h3-7,20H,8-9H2,1-2H3/p+1. The third-order valence-corrected chi connectivity index (χ3v) is 5.44. The van der Waals surface area contributed by atoms with Gasteiger partial charge < -0.3 is 14.4 Å². The largest absolute Gasteiger partial charge is 0.508 e. The van der Waals surface area contributed by atoms with Crippen LogP contribution in [0.4, 0.5) is 0 Å². The van der Waals surface area contributed by atoms with Gasteiger partial charge in [0.1, 0.15) is 24.4 Å². The van der Waals surface area contributed by atoms with E-state index in [1.807, 2.05) is 12.1 Å². The van der Waals surface area contributed by atoms with E-state index in [0.717, 1.165) is 21.3 Å². The molecule has 120 valence electrons. The van der Waals surface area contributed by atoms with E-state index >= 15 is 0 Å². The molecule has 23 heavy (non-hydrogen) atoms. The lowest BCUT2D eigenvalue weighted by molar-refractivity contribution is -0.907. The molecule has 0 bridgehead atoms. The number of aromatic hydroxyl groups is 1. The van der Waals surface area contributed by atoms with Crippen LogP contribution in [0.2, 0.25) is 0 Å². The molecule has 1 aromatic carbocycles. The van der Waals surface area contributed by atoms with Crippen LogP contribution in [-0.4, -0.2) is 12.2 Å². The topological polar surface area (TPSA) is 54.9 Å². The van der Waals surface area contributed by atoms with E-state index < -0.39 is 0 Å². The van der Waals surface area contributed by atoms with Crippen molar-refractivity contribution in [1.29, 1.82) is 0 Å². The zero-order valence-electron chi connectivity index (χ0n) is 12.9. The second-order valence-corrected chi connectivity index (χ2v) is 8.24. The highest BCUT2D eigenvalue weighted by Crippen LogP contribution is 2.27. The molecule has 0 amide bonds. The molecule has 0 saturated carbocycles. The monoisotopic (exact) mass is 394 g/mol. The van der Waals surface area contributed by atoms with Gasteiger partial charge in [0.2, 0.25) is 0 Å².